The molecule has 1 aromatic heterocycles. The van der Waals surface area contributed by atoms with Crippen molar-refractivity contribution < 1.29 is 14.1 Å². The van der Waals surface area contributed by atoms with E-state index in [0.29, 0.717) is 11.6 Å². The van der Waals surface area contributed by atoms with E-state index in [1.54, 1.807) is 0 Å². The SMILES string of the molecule is Cc1ccc(OCC(=O)Nc2noc(-c3cccc4ccccc34)n2)cc1C. The van der Waals surface area contributed by atoms with E-state index in [4.69, 9.17) is 9.26 Å². The maximum Gasteiger partial charge on any atom is 0.270 e. The normalized spacial score (nSPS) is 10.8. The van der Waals surface area contributed by atoms with Gasteiger partial charge in [0, 0.05) is 5.56 Å². The fourth-order valence-corrected chi connectivity index (χ4v) is 2.91. The van der Waals surface area contributed by atoms with Gasteiger partial charge in [-0.3, -0.25) is 10.1 Å². The highest BCUT2D eigenvalue weighted by molar-refractivity contribution is 5.95. The van der Waals surface area contributed by atoms with Crippen LogP contribution in [0, 0.1) is 13.8 Å². The molecule has 4 aromatic rings. The minimum absolute atomic E-state index is 0.108. The molecule has 28 heavy (non-hydrogen) atoms. The summed E-state index contributed by atoms with van der Waals surface area (Å²) in [6, 6.07) is 19.5. The van der Waals surface area contributed by atoms with Crippen molar-refractivity contribution >= 4 is 22.6 Å². The molecule has 4 rings (SSSR count). The number of nitrogens with one attached hydrogen (secondary N) is 1. The van der Waals surface area contributed by atoms with Crippen molar-refractivity contribution in [3.05, 3.63) is 71.8 Å². The first-order valence-electron chi connectivity index (χ1n) is 8.92. The molecule has 1 heterocycles. The average Bonchev–Trinajstić information content (AvgIpc) is 3.16. The minimum atomic E-state index is -0.358. The van der Waals surface area contributed by atoms with Crippen LogP contribution in [-0.2, 0) is 4.79 Å². The van der Waals surface area contributed by atoms with Crippen LogP contribution in [0.1, 0.15) is 11.1 Å². The average molecular weight is 373 g/mol. The molecule has 0 aliphatic rings. The highest BCUT2D eigenvalue weighted by Gasteiger charge is 2.14. The molecule has 6 heteroatoms. The molecule has 0 unspecified atom stereocenters. The first-order chi connectivity index (χ1) is 13.6. The molecule has 6 nitrogen and oxygen atoms in total. The Morgan fingerprint density at radius 2 is 1.86 bits per heavy atom. The second-order valence-electron chi connectivity index (χ2n) is 6.53. The Morgan fingerprint density at radius 1 is 1.04 bits per heavy atom. The quantitative estimate of drug-likeness (QED) is 0.556. The number of ether oxygens (including phenoxy) is 1. The highest BCUT2D eigenvalue weighted by Crippen LogP contribution is 2.27. The lowest BCUT2D eigenvalue weighted by Gasteiger charge is -2.07. The Hall–Kier alpha value is -3.67. The van der Waals surface area contributed by atoms with Crippen molar-refractivity contribution in [2.45, 2.75) is 13.8 Å². The van der Waals surface area contributed by atoms with Gasteiger partial charge in [0.05, 0.1) is 0 Å². The van der Waals surface area contributed by atoms with Gasteiger partial charge in [-0.25, -0.2) is 0 Å². The van der Waals surface area contributed by atoms with E-state index in [-0.39, 0.29) is 18.5 Å². The largest absolute Gasteiger partial charge is 0.484 e. The number of fused-ring (bicyclic) bond motifs is 1. The number of hydrogen-bond acceptors (Lipinski definition) is 5. The van der Waals surface area contributed by atoms with Crippen LogP contribution < -0.4 is 10.1 Å². The number of carbonyl (C=O) groups is 1. The summed E-state index contributed by atoms with van der Waals surface area (Å²) in [6.07, 6.45) is 0. The summed E-state index contributed by atoms with van der Waals surface area (Å²) in [5.41, 5.74) is 3.10. The maximum atomic E-state index is 12.1. The minimum Gasteiger partial charge on any atom is -0.484 e. The molecular weight excluding hydrogens is 354 g/mol. The zero-order valence-electron chi connectivity index (χ0n) is 15.6. The number of benzene rings is 3. The summed E-state index contributed by atoms with van der Waals surface area (Å²) in [4.78, 5) is 16.4. The van der Waals surface area contributed by atoms with Gasteiger partial charge in [-0.15, -0.1) is 0 Å². The predicted octanol–water partition coefficient (Wildman–Crippen LogP) is 4.52. The van der Waals surface area contributed by atoms with Crippen molar-refractivity contribution in [2.75, 3.05) is 11.9 Å². The Labute approximate surface area is 162 Å². The number of anilines is 1. The molecule has 0 radical (unpaired) electrons. The zero-order chi connectivity index (χ0) is 19.5. The van der Waals surface area contributed by atoms with Gasteiger partial charge >= 0.3 is 0 Å². The third kappa shape index (κ3) is 3.71. The van der Waals surface area contributed by atoms with Crippen molar-refractivity contribution in [1.29, 1.82) is 0 Å². The Kier molecular flexibility index (Phi) is 4.76. The molecule has 0 saturated heterocycles. The van der Waals surface area contributed by atoms with Gasteiger partial charge in [0.15, 0.2) is 6.61 Å². The lowest BCUT2D eigenvalue weighted by atomic mass is 10.0. The topological polar surface area (TPSA) is 77.2 Å². The first-order valence-corrected chi connectivity index (χ1v) is 8.92. The second-order valence-corrected chi connectivity index (χ2v) is 6.53. The summed E-state index contributed by atoms with van der Waals surface area (Å²) >= 11 is 0. The summed E-state index contributed by atoms with van der Waals surface area (Å²) in [6.45, 7) is 3.88. The summed E-state index contributed by atoms with van der Waals surface area (Å²) in [5, 5.41) is 8.52. The van der Waals surface area contributed by atoms with E-state index in [1.807, 2.05) is 74.5 Å². The van der Waals surface area contributed by atoms with Crippen LogP contribution in [0.2, 0.25) is 0 Å². The molecule has 3 aromatic carbocycles. The number of amides is 1. The van der Waals surface area contributed by atoms with Crippen LogP contribution in [0.5, 0.6) is 5.75 Å². The molecule has 0 saturated carbocycles. The van der Waals surface area contributed by atoms with Crippen LogP contribution >= 0.6 is 0 Å². The fraction of sp³-hybridized carbons (Fsp3) is 0.136. The molecule has 0 aliphatic heterocycles. The standard InChI is InChI=1S/C22H19N3O3/c1-14-10-11-17(12-15(14)2)27-13-20(26)23-22-24-21(28-25-22)19-9-5-7-16-6-3-4-8-18(16)19/h3-12H,13H2,1-2H3,(H,23,25,26). The van der Waals surface area contributed by atoms with E-state index in [2.05, 4.69) is 15.5 Å². The molecule has 0 spiro atoms. The van der Waals surface area contributed by atoms with Gasteiger partial charge in [0.2, 0.25) is 0 Å². The number of aromatic nitrogens is 2. The lowest BCUT2D eigenvalue weighted by Crippen LogP contribution is -2.20. The van der Waals surface area contributed by atoms with Crippen LogP contribution in [0.4, 0.5) is 5.95 Å². The molecular formula is C22H19N3O3. The molecule has 0 fully saturated rings. The van der Waals surface area contributed by atoms with Crippen LogP contribution in [0.3, 0.4) is 0 Å². The van der Waals surface area contributed by atoms with E-state index in [9.17, 15) is 4.79 Å². The van der Waals surface area contributed by atoms with E-state index < -0.39 is 0 Å². The van der Waals surface area contributed by atoms with E-state index in [0.717, 1.165) is 21.9 Å². The lowest BCUT2D eigenvalue weighted by molar-refractivity contribution is -0.118. The van der Waals surface area contributed by atoms with Gasteiger partial charge in [0.25, 0.3) is 17.7 Å². The van der Waals surface area contributed by atoms with E-state index >= 15 is 0 Å². The summed E-state index contributed by atoms with van der Waals surface area (Å²) in [5.74, 6) is 0.741. The molecule has 1 N–H and O–H groups in total. The van der Waals surface area contributed by atoms with Gasteiger partial charge < -0.3 is 9.26 Å². The predicted molar refractivity (Wildman–Crippen MR) is 107 cm³/mol. The number of rotatable bonds is 5. The third-order valence-electron chi connectivity index (χ3n) is 4.55. The van der Waals surface area contributed by atoms with Gasteiger partial charge in [-0.1, -0.05) is 42.5 Å². The van der Waals surface area contributed by atoms with E-state index in [1.165, 1.54) is 5.56 Å². The summed E-state index contributed by atoms with van der Waals surface area (Å²) in [7, 11) is 0. The Morgan fingerprint density at radius 3 is 2.71 bits per heavy atom. The van der Waals surface area contributed by atoms with Crippen molar-refractivity contribution in [3.8, 4) is 17.2 Å². The molecule has 1 amide bonds. The molecule has 0 aliphatic carbocycles. The summed E-state index contributed by atoms with van der Waals surface area (Å²) < 4.78 is 10.9. The monoisotopic (exact) mass is 373 g/mol. The van der Waals surface area contributed by atoms with Gasteiger partial charge in [-0.05, 0) is 59.1 Å². The highest BCUT2D eigenvalue weighted by atomic mass is 16.5. The number of hydrogen-bond donors (Lipinski definition) is 1. The van der Waals surface area contributed by atoms with Crippen molar-refractivity contribution in [3.63, 3.8) is 0 Å². The molecule has 0 bridgehead atoms. The van der Waals surface area contributed by atoms with Crippen LogP contribution in [0.25, 0.3) is 22.2 Å². The number of aryl methyl sites for hydroxylation is 2. The molecule has 0 atom stereocenters. The van der Waals surface area contributed by atoms with Gasteiger partial charge in [0.1, 0.15) is 5.75 Å². The Bertz CT molecular complexity index is 1150. The van der Waals surface area contributed by atoms with Crippen molar-refractivity contribution in [2.24, 2.45) is 0 Å². The van der Waals surface area contributed by atoms with Crippen molar-refractivity contribution in [1.82, 2.24) is 10.1 Å². The first kappa shape index (κ1) is 17.7. The van der Waals surface area contributed by atoms with Gasteiger partial charge in [-0.2, -0.15) is 4.98 Å². The second kappa shape index (κ2) is 7.52. The number of carbonyl (C=O) groups excluding carboxylic acids is 1. The maximum absolute atomic E-state index is 12.1. The molecule has 140 valence electrons. The number of nitrogens with zero attached hydrogens (tertiary/aromatic N) is 2. The smallest absolute Gasteiger partial charge is 0.270 e. The van der Waals surface area contributed by atoms with Crippen LogP contribution in [-0.4, -0.2) is 22.7 Å². The van der Waals surface area contributed by atoms with Crippen LogP contribution in [0.15, 0.2) is 65.2 Å². The zero-order valence-corrected chi connectivity index (χ0v) is 15.6. The fourth-order valence-electron chi connectivity index (χ4n) is 2.91. The third-order valence-corrected chi connectivity index (χ3v) is 4.55. The Balaban J connectivity index is 1.44.